The average Bonchev–Trinajstić information content (AvgIpc) is 2.61. The Balaban J connectivity index is 2.30. The Kier molecular flexibility index (Phi) is 5.42. The van der Waals surface area contributed by atoms with Gasteiger partial charge >= 0.3 is 0 Å². The lowest BCUT2D eigenvalue weighted by atomic mass is 10.0. The van der Waals surface area contributed by atoms with Crippen molar-refractivity contribution in [2.45, 2.75) is 45.7 Å². The molecule has 0 saturated carbocycles. The van der Waals surface area contributed by atoms with Gasteiger partial charge in [0.15, 0.2) is 0 Å². The molecule has 1 atom stereocenters. The van der Waals surface area contributed by atoms with Gasteiger partial charge in [-0.05, 0) is 53.4 Å². The molecule has 3 heteroatoms. The van der Waals surface area contributed by atoms with Crippen LogP contribution in [0.1, 0.15) is 34.1 Å². The molecule has 1 N–H and O–H groups in total. The smallest absolute Gasteiger partial charge is 0.0274 e. The highest BCUT2D eigenvalue weighted by Crippen LogP contribution is 2.20. The lowest BCUT2D eigenvalue weighted by molar-refractivity contribution is 0.131. The first kappa shape index (κ1) is 14.9. The van der Waals surface area contributed by atoms with Crippen molar-refractivity contribution in [3.05, 3.63) is 0 Å². The molecule has 1 unspecified atom stereocenters. The van der Waals surface area contributed by atoms with Crippen LogP contribution in [0.2, 0.25) is 0 Å². The highest BCUT2D eigenvalue weighted by atomic mass is 15.2. The number of likely N-dealkylation sites (N-methyl/N-ethyl adjacent to an activating group) is 1. The Morgan fingerprint density at radius 3 is 2.53 bits per heavy atom. The van der Waals surface area contributed by atoms with Crippen LogP contribution in [0.25, 0.3) is 0 Å². The summed E-state index contributed by atoms with van der Waals surface area (Å²) in [6, 6.07) is 0.613. The number of likely N-dealkylation sites (tertiary alicyclic amines) is 1. The standard InChI is InChI=1S/C14H31N3/c1-12(2)15-9-13-7-8-17(10-13)11-14(3,4)16(5)6/h12-13,15H,7-11H2,1-6H3. The molecule has 0 radical (unpaired) electrons. The second-order valence-electron chi connectivity index (χ2n) is 6.66. The van der Waals surface area contributed by atoms with E-state index in [0.717, 1.165) is 5.92 Å². The van der Waals surface area contributed by atoms with E-state index in [1.54, 1.807) is 0 Å². The molecule has 17 heavy (non-hydrogen) atoms. The van der Waals surface area contributed by atoms with Crippen LogP contribution >= 0.6 is 0 Å². The van der Waals surface area contributed by atoms with Gasteiger partial charge in [-0.25, -0.2) is 0 Å². The fourth-order valence-electron chi connectivity index (χ4n) is 2.31. The van der Waals surface area contributed by atoms with Gasteiger partial charge in [0.05, 0.1) is 0 Å². The molecule has 0 aromatic carbocycles. The number of nitrogens with zero attached hydrogens (tertiary/aromatic N) is 2. The molecule has 0 aromatic heterocycles. The van der Waals surface area contributed by atoms with Crippen LogP contribution < -0.4 is 5.32 Å². The van der Waals surface area contributed by atoms with Crippen molar-refractivity contribution in [2.75, 3.05) is 40.3 Å². The fraction of sp³-hybridized carbons (Fsp3) is 1.00. The van der Waals surface area contributed by atoms with Gasteiger partial charge in [-0.15, -0.1) is 0 Å². The van der Waals surface area contributed by atoms with Gasteiger partial charge < -0.3 is 15.1 Å². The molecule has 1 saturated heterocycles. The summed E-state index contributed by atoms with van der Waals surface area (Å²) >= 11 is 0. The van der Waals surface area contributed by atoms with E-state index in [0.29, 0.717) is 6.04 Å². The predicted molar refractivity (Wildman–Crippen MR) is 75.5 cm³/mol. The molecule has 0 spiro atoms. The van der Waals surface area contributed by atoms with Gasteiger partial charge in [0, 0.05) is 24.7 Å². The van der Waals surface area contributed by atoms with Crippen molar-refractivity contribution in [1.82, 2.24) is 15.1 Å². The monoisotopic (exact) mass is 241 g/mol. The Bertz CT molecular complexity index is 224. The SMILES string of the molecule is CC(C)NCC1CCN(CC(C)(C)N(C)C)C1. The van der Waals surface area contributed by atoms with Crippen molar-refractivity contribution in [2.24, 2.45) is 5.92 Å². The van der Waals surface area contributed by atoms with Gasteiger partial charge in [-0.3, -0.25) is 0 Å². The lowest BCUT2D eigenvalue weighted by Crippen LogP contribution is -2.47. The summed E-state index contributed by atoms with van der Waals surface area (Å²) in [6.07, 6.45) is 1.35. The molecular formula is C14H31N3. The van der Waals surface area contributed by atoms with E-state index in [4.69, 9.17) is 0 Å². The third-order valence-electron chi connectivity index (χ3n) is 4.01. The Labute approximate surface area is 108 Å². The maximum absolute atomic E-state index is 3.56. The van der Waals surface area contributed by atoms with Crippen LogP contribution in [-0.4, -0.2) is 61.7 Å². The molecule has 1 rings (SSSR count). The molecule has 0 aromatic rings. The zero-order valence-corrected chi connectivity index (χ0v) is 12.6. The van der Waals surface area contributed by atoms with Crippen molar-refractivity contribution in [3.63, 3.8) is 0 Å². The fourth-order valence-corrected chi connectivity index (χ4v) is 2.31. The summed E-state index contributed by atoms with van der Waals surface area (Å²) in [5, 5.41) is 3.56. The van der Waals surface area contributed by atoms with Crippen LogP contribution in [0, 0.1) is 5.92 Å². The highest BCUT2D eigenvalue weighted by Gasteiger charge is 2.29. The molecule has 1 fully saturated rings. The lowest BCUT2D eigenvalue weighted by Gasteiger charge is -2.36. The normalized spacial score (nSPS) is 22.9. The first-order valence-corrected chi connectivity index (χ1v) is 6.94. The topological polar surface area (TPSA) is 18.5 Å². The molecule has 0 aliphatic carbocycles. The minimum Gasteiger partial charge on any atom is -0.314 e. The van der Waals surface area contributed by atoms with Crippen molar-refractivity contribution in [1.29, 1.82) is 0 Å². The molecule has 1 heterocycles. The van der Waals surface area contributed by atoms with Crippen LogP contribution in [0.15, 0.2) is 0 Å². The second kappa shape index (κ2) is 6.17. The minimum absolute atomic E-state index is 0.278. The third-order valence-corrected chi connectivity index (χ3v) is 4.01. The summed E-state index contributed by atoms with van der Waals surface area (Å²) in [6.45, 7) is 14.0. The van der Waals surface area contributed by atoms with Crippen molar-refractivity contribution < 1.29 is 0 Å². The van der Waals surface area contributed by atoms with E-state index in [1.165, 1.54) is 32.6 Å². The second-order valence-corrected chi connectivity index (χ2v) is 6.66. The van der Waals surface area contributed by atoms with E-state index in [1.807, 2.05) is 0 Å². The van der Waals surface area contributed by atoms with Crippen LogP contribution in [0.5, 0.6) is 0 Å². The molecule has 0 bridgehead atoms. The zero-order valence-electron chi connectivity index (χ0n) is 12.6. The maximum Gasteiger partial charge on any atom is 0.0274 e. The quantitative estimate of drug-likeness (QED) is 0.763. The van der Waals surface area contributed by atoms with Gasteiger partial charge in [0.25, 0.3) is 0 Å². The van der Waals surface area contributed by atoms with E-state index in [-0.39, 0.29) is 5.54 Å². The molecular weight excluding hydrogens is 210 g/mol. The van der Waals surface area contributed by atoms with E-state index < -0.39 is 0 Å². The molecule has 3 nitrogen and oxygen atoms in total. The minimum atomic E-state index is 0.278. The summed E-state index contributed by atoms with van der Waals surface area (Å²) in [4.78, 5) is 4.94. The Hall–Kier alpha value is -0.120. The average molecular weight is 241 g/mol. The van der Waals surface area contributed by atoms with Gasteiger partial charge in [-0.2, -0.15) is 0 Å². The first-order chi connectivity index (χ1) is 7.81. The number of hydrogen-bond donors (Lipinski definition) is 1. The first-order valence-electron chi connectivity index (χ1n) is 6.94. The Morgan fingerprint density at radius 2 is 2.00 bits per heavy atom. The maximum atomic E-state index is 3.56. The van der Waals surface area contributed by atoms with Crippen LogP contribution in [0.3, 0.4) is 0 Å². The number of rotatable bonds is 6. The highest BCUT2D eigenvalue weighted by molar-refractivity contribution is 4.86. The van der Waals surface area contributed by atoms with Gasteiger partial charge in [-0.1, -0.05) is 13.8 Å². The summed E-state index contributed by atoms with van der Waals surface area (Å²) in [5.74, 6) is 0.843. The summed E-state index contributed by atoms with van der Waals surface area (Å²) in [5.41, 5.74) is 0.278. The molecule has 1 aliphatic rings. The molecule has 102 valence electrons. The Morgan fingerprint density at radius 1 is 1.35 bits per heavy atom. The van der Waals surface area contributed by atoms with Gasteiger partial charge in [0.2, 0.25) is 0 Å². The van der Waals surface area contributed by atoms with E-state index in [2.05, 4.69) is 56.9 Å². The summed E-state index contributed by atoms with van der Waals surface area (Å²) < 4.78 is 0. The predicted octanol–water partition coefficient (Wildman–Crippen LogP) is 1.65. The van der Waals surface area contributed by atoms with Crippen molar-refractivity contribution in [3.8, 4) is 0 Å². The summed E-state index contributed by atoms with van der Waals surface area (Å²) in [7, 11) is 4.35. The number of hydrogen-bond acceptors (Lipinski definition) is 3. The molecule has 0 amide bonds. The number of nitrogens with one attached hydrogen (secondary N) is 1. The van der Waals surface area contributed by atoms with Crippen molar-refractivity contribution >= 4 is 0 Å². The third kappa shape index (κ3) is 4.94. The van der Waals surface area contributed by atoms with Gasteiger partial charge in [0.1, 0.15) is 0 Å². The van der Waals surface area contributed by atoms with Crippen LogP contribution in [-0.2, 0) is 0 Å². The van der Waals surface area contributed by atoms with E-state index >= 15 is 0 Å². The zero-order chi connectivity index (χ0) is 13.1. The van der Waals surface area contributed by atoms with Crippen LogP contribution in [0.4, 0.5) is 0 Å². The van der Waals surface area contributed by atoms with E-state index in [9.17, 15) is 0 Å². The largest absolute Gasteiger partial charge is 0.314 e. The molecule has 1 aliphatic heterocycles.